The summed E-state index contributed by atoms with van der Waals surface area (Å²) in [5.74, 6) is -0.323. The molecule has 3 heteroatoms. The zero-order valence-corrected chi connectivity index (χ0v) is 8.02. The Hall–Kier alpha value is -1.64. The van der Waals surface area contributed by atoms with Crippen molar-refractivity contribution in [3.8, 4) is 0 Å². The van der Waals surface area contributed by atoms with E-state index in [1.54, 1.807) is 0 Å². The number of hydrogen-bond donors (Lipinski definition) is 1. The van der Waals surface area contributed by atoms with Crippen LogP contribution in [0.15, 0.2) is 23.0 Å². The number of nitrogens with one attached hydrogen (secondary N) is 1. The lowest BCUT2D eigenvalue weighted by atomic mass is 10.1. The number of rotatable bonds is 0. The van der Waals surface area contributed by atoms with Crippen LogP contribution in [0.1, 0.15) is 11.1 Å². The quantitative estimate of drug-likeness (QED) is 0.680. The molecule has 2 nitrogen and oxygen atoms in total. The van der Waals surface area contributed by atoms with Gasteiger partial charge in [0.15, 0.2) is 0 Å². The van der Waals surface area contributed by atoms with Gasteiger partial charge in [-0.1, -0.05) is 0 Å². The van der Waals surface area contributed by atoms with E-state index in [-0.39, 0.29) is 11.4 Å². The lowest BCUT2D eigenvalue weighted by Crippen LogP contribution is -2.05. The summed E-state index contributed by atoms with van der Waals surface area (Å²) in [4.78, 5) is 13.8. The van der Waals surface area contributed by atoms with Crippen molar-refractivity contribution in [2.75, 3.05) is 0 Å². The molecule has 0 bridgehead atoms. The van der Waals surface area contributed by atoms with Crippen LogP contribution in [-0.4, -0.2) is 4.98 Å². The molecule has 2 aromatic rings. The van der Waals surface area contributed by atoms with Crippen LogP contribution in [0.5, 0.6) is 0 Å². The first-order valence-corrected chi connectivity index (χ1v) is 4.38. The van der Waals surface area contributed by atoms with Crippen molar-refractivity contribution in [1.82, 2.24) is 4.98 Å². The molecule has 0 unspecified atom stereocenters. The molecule has 0 saturated carbocycles. The highest BCUT2D eigenvalue weighted by molar-refractivity contribution is 5.85. The van der Waals surface area contributed by atoms with Gasteiger partial charge in [0.1, 0.15) is 5.82 Å². The maximum absolute atomic E-state index is 13.0. The minimum Gasteiger partial charge on any atom is -0.322 e. The predicted octanol–water partition coefficient (Wildman–Crippen LogP) is 2.28. The topological polar surface area (TPSA) is 32.9 Å². The van der Waals surface area contributed by atoms with Gasteiger partial charge in [0.2, 0.25) is 5.56 Å². The molecular formula is C11H10FNO. The normalized spacial score (nSPS) is 10.8. The molecule has 0 aliphatic carbocycles. The van der Waals surface area contributed by atoms with Crippen molar-refractivity contribution in [2.45, 2.75) is 13.8 Å². The molecule has 1 aromatic heterocycles. The summed E-state index contributed by atoms with van der Waals surface area (Å²) in [5, 5.41) is 0.922. The lowest BCUT2D eigenvalue weighted by molar-refractivity contribution is 0.628. The number of benzene rings is 1. The number of H-pyrrole nitrogens is 1. The van der Waals surface area contributed by atoms with Crippen molar-refractivity contribution < 1.29 is 4.39 Å². The maximum Gasteiger partial charge on any atom is 0.248 e. The second-order valence-electron chi connectivity index (χ2n) is 3.46. The van der Waals surface area contributed by atoms with Gasteiger partial charge in [0.05, 0.1) is 5.52 Å². The number of fused-ring (bicyclic) bond motifs is 1. The molecule has 0 saturated heterocycles. The van der Waals surface area contributed by atoms with Crippen molar-refractivity contribution in [2.24, 2.45) is 0 Å². The molecule has 14 heavy (non-hydrogen) atoms. The fourth-order valence-electron chi connectivity index (χ4n) is 1.80. The van der Waals surface area contributed by atoms with Gasteiger partial charge >= 0.3 is 0 Å². The summed E-state index contributed by atoms with van der Waals surface area (Å²) in [6.45, 7) is 3.68. The van der Waals surface area contributed by atoms with Crippen molar-refractivity contribution >= 4 is 10.9 Å². The number of halogens is 1. The summed E-state index contributed by atoms with van der Waals surface area (Å²) in [6, 6.07) is 4.33. The van der Waals surface area contributed by atoms with E-state index in [0.717, 1.165) is 16.5 Å². The fourth-order valence-corrected chi connectivity index (χ4v) is 1.80. The molecule has 1 aromatic carbocycles. The Morgan fingerprint density at radius 2 is 1.79 bits per heavy atom. The van der Waals surface area contributed by atoms with Crippen molar-refractivity contribution in [3.05, 3.63) is 45.5 Å². The molecule has 1 N–H and O–H groups in total. The van der Waals surface area contributed by atoms with Crippen LogP contribution in [0.25, 0.3) is 10.9 Å². The van der Waals surface area contributed by atoms with Gasteiger partial charge in [-0.3, -0.25) is 4.79 Å². The Kier molecular flexibility index (Phi) is 1.88. The molecule has 1 heterocycles. The van der Waals surface area contributed by atoms with Crippen LogP contribution >= 0.6 is 0 Å². The van der Waals surface area contributed by atoms with E-state index in [4.69, 9.17) is 0 Å². The average Bonchev–Trinajstić information content (AvgIpc) is 1.99. The Morgan fingerprint density at radius 1 is 1.14 bits per heavy atom. The minimum atomic E-state index is -0.323. The molecule has 2 rings (SSSR count). The van der Waals surface area contributed by atoms with Gasteiger partial charge in [-0.15, -0.1) is 0 Å². The number of aromatic nitrogens is 1. The summed E-state index contributed by atoms with van der Waals surface area (Å²) in [7, 11) is 0. The maximum atomic E-state index is 13.0. The van der Waals surface area contributed by atoms with E-state index in [9.17, 15) is 9.18 Å². The Labute approximate surface area is 80.4 Å². The third-order valence-corrected chi connectivity index (χ3v) is 2.30. The van der Waals surface area contributed by atoms with Gasteiger partial charge in [-0.25, -0.2) is 4.39 Å². The highest BCUT2D eigenvalue weighted by Crippen LogP contribution is 2.20. The molecule has 0 amide bonds. The van der Waals surface area contributed by atoms with E-state index in [0.29, 0.717) is 5.52 Å². The van der Waals surface area contributed by atoms with E-state index in [1.165, 1.54) is 18.2 Å². The first kappa shape index (κ1) is 8.94. The second kappa shape index (κ2) is 2.94. The number of aryl methyl sites for hydroxylation is 2. The monoisotopic (exact) mass is 191 g/mol. The van der Waals surface area contributed by atoms with Gasteiger partial charge in [-0.05, 0) is 37.1 Å². The number of aromatic amines is 1. The third-order valence-electron chi connectivity index (χ3n) is 2.30. The highest BCUT2D eigenvalue weighted by Gasteiger charge is 2.04. The summed E-state index contributed by atoms with van der Waals surface area (Å²) in [6.07, 6.45) is 0. The number of pyridine rings is 1. The molecule has 0 radical (unpaired) electrons. The molecule has 72 valence electrons. The van der Waals surface area contributed by atoms with Gasteiger partial charge in [0, 0.05) is 11.5 Å². The first-order valence-electron chi connectivity index (χ1n) is 4.38. The first-order chi connectivity index (χ1) is 6.58. The van der Waals surface area contributed by atoms with Crippen LogP contribution in [0.2, 0.25) is 0 Å². The third kappa shape index (κ3) is 1.31. The van der Waals surface area contributed by atoms with Crippen molar-refractivity contribution in [1.29, 1.82) is 0 Å². The van der Waals surface area contributed by atoms with E-state index < -0.39 is 0 Å². The Balaban J connectivity index is 3.01. The second-order valence-corrected chi connectivity index (χ2v) is 3.46. The molecule has 0 spiro atoms. The van der Waals surface area contributed by atoms with Crippen LogP contribution < -0.4 is 5.56 Å². The molecular weight excluding hydrogens is 181 g/mol. The van der Waals surface area contributed by atoms with Gasteiger partial charge in [-0.2, -0.15) is 0 Å². The van der Waals surface area contributed by atoms with E-state index in [2.05, 4.69) is 4.98 Å². The largest absolute Gasteiger partial charge is 0.322 e. The fraction of sp³-hybridized carbons (Fsp3) is 0.182. The van der Waals surface area contributed by atoms with E-state index >= 15 is 0 Å². The van der Waals surface area contributed by atoms with Crippen molar-refractivity contribution in [3.63, 3.8) is 0 Å². The highest BCUT2D eigenvalue weighted by atomic mass is 19.1. The average molecular weight is 191 g/mol. The summed E-state index contributed by atoms with van der Waals surface area (Å²) in [5.41, 5.74) is 2.09. The van der Waals surface area contributed by atoms with Crippen LogP contribution in [0, 0.1) is 19.7 Å². The lowest BCUT2D eigenvalue weighted by Gasteiger charge is -2.05. The standard InChI is InChI=1S/C11H10FNO/c1-6-3-8(12)5-9-11(6)7(2)4-10(14)13-9/h3-5H,1-2H3,(H,13,14). The van der Waals surface area contributed by atoms with Gasteiger partial charge in [0.25, 0.3) is 0 Å². The summed E-state index contributed by atoms with van der Waals surface area (Å²) < 4.78 is 13.0. The molecule has 0 aliphatic heterocycles. The zero-order valence-electron chi connectivity index (χ0n) is 8.02. The Bertz CT molecular complexity index is 557. The SMILES string of the molecule is Cc1cc(F)cc2[nH]c(=O)cc(C)c12. The van der Waals surface area contributed by atoms with Crippen LogP contribution in [0.3, 0.4) is 0 Å². The molecule has 0 fully saturated rings. The number of hydrogen-bond acceptors (Lipinski definition) is 1. The van der Waals surface area contributed by atoms with Crippen LogP contribution in [0.4, 0.5) is 4.39 Å². The van der Waals surface area contributed by atoms with Crippen LogP contribution in [-0.2, 0) is 0 Å². The Morgan fingerprint density at radius 3 is 2.50 bits per heavy atom. The van der Waals surface area contributed by atoms with E-state index in [1.807, 2.05) is 13.8 Å². The molecule has 0 aliphatic rings. The smallest absolute Gasteiger partial charge is 0.248 e. The molecule has 0 atom stereocenters. The minimum absolute atomic E-state index is 0.194. The van der Waals surface area contributed by atoms with Gasteiger partial charge < -0.3 is 4.98 Å². The predicted molar refractivity (Wildman–Crippen MR) is 54.0 cm³/mol. The summed E-state index contributed by atoms with van der Waals surface area (Å²) >= 11 is 0. The zero-order chi connectivity index (χ0) is 10.3.